The molecular weight excluding hydrogens is 599 g/mol. The van der Waals surface area contributed by atoms with Crippen molar-refractivity contribution in [1.29, 1.82) is 0 Å². The first kappa shape index (κ1) is 29.2. The number of halogens is 1. The van der Waals surface area contributed by atoms with E-state index in [2.05, 4.69) is 9.88 Å². The number of carbonyl (C=O) groups excluding carboxylic acids is 1. The van der Waals surface area contributed by atoms with E-state index in [4.69, 9.17) is 9.73 Å². The van der Waals surface area contributed by atoms with Gasteiger partial charge in [0.25, 0.3) is 11.5 Å². The Hall–Kier alpha value is -5.54. The fraction of sp³-hybridized carbons (Fsp3) is 0.108. The van der Waals surface area contributed by atoms with Gasteiger partial charge in [0.1, 0.15) is 11.6 Å². The fourth-order valence-corrected chi connectivity index (χ4v) is 6.94. The normalized spacial score (nSPS) is 14.7. The largest absolute Gasteiger partial charge is 0.497 e. The van der Waals surface area contributed by atoms with Crippen molar-refractivity contribution < 1.29 is 13.9 Å². The third-order valence-corrected chi connectivity index (χ3v) is 9.06. The van der Waals surface area contributed by atoms with Crippen LogP contribution in [0.3, 0.4) is 0 Å². The van der Waals surface area contributed by atoms with E-state index in [1.807, 2.05) is 91.1 Å². The lowest BCUT2D eigenvalue weighted by molar-refractivity contribution is -0.113. The van der Waals surface area contributed by atoms with Gasteiger partial charge in [-0.3, -0.25) is 14.2 Å². The minimum absolute atomic E-state index is 0.246. The highest BCUT2D eigenvalue weighted by Gasteiger charge is 2.33. The van der Waals surface area contributed by atoms with Gasteiger partial charge in [0.15, 0.2) is 4.80 Å². The Morgan fingerprint density at radius 2 is 1.76 bits per heavy atom. The van der Waals surface area contributed by atoms with E-state index in [1.165, 1.54) is 23.5 Å². The highest BCUT2D eigenvalue weighted by atomic mass is 32.1. The smallest absolute Gasteiger partial charge is 0.271 e. The van der Waals surface area contributed by atoms with Crippen molar-refractivity contribution in [3.05, 3.63) is 163 Å². The van der Waals surface area contributed by atoms with E-state index < -0.39 is 6.04 Å². The Balaban J connectivity index is 1.36. The second-order valence-electron chi connectivity index (χ2n) is 11.0. The number of hydrogen-bond acceptors (Lipinski definition) is 5. The van der Waals surface area contributed by atoms with Crippen molar-refractivity contribution in [2.45, 2.75) is 19.5 Å². The maximum Gasteiger partial charge on any atom is 0.271 e. The average Bonchev–Trinajstić information content (AvgIpc) is 3.57. The molecular formula is C37H29FN4O3S. The number of anilines is 1. The van der Waals surface area contributed by atoms with Crippen LogP contribution in [0.5, 0.6) is 5.75 Å². The van der Waals surface area contributed by atoms with Gasteiger partial charge in [0, 0.05) is 34.9 Å². The molecule has 3 heterocycles. The lowest BCUT2D eigenvalue weighted by Crippen LogP contribution is -2.40. The molecule has 1 aliphatic rings. The van der Waals surface area contributed by atoms with Crippen molar-refractivity contribution in [2.24, 2.45) is 4.99 Å². The molecule has 1 atom stereocenters. The first-order valence-corrected chi connectivity index (χ1v) is 15.6. The molecule has 0 unspecified atom stereocenters. The highest BCUT2D eigenvalue weighted by molar-refractivity contribution is 7.07. The van der Waals surface area contributed by atoms with Gasteiger partial charge in [-0.1, -0.05) is 72.0 Å². The van der Waals surface area contributed by atoms with Gasteiger partial charge in [-0.05, 0) is 66.6 Å². The van der Waals surface area contributed by atoms with Gasteiger partial charge in [0.05, 0.1) is 29.0 Å². The van der Waals surface area contributed by atoms with Gasteiger partial charge < -0.3 is 14.6 Å². The summed E-state index contributed by atoms with van der Waals surface area (Å²) in [6.45, 7) is 2.35. The molecule has 1 N–H and O–H groups in total. The predicted molar refractivity (Wildman–Crippen MR) is 179 cm³/mol. The van der Waals surface area contributed by atoms with Crippen LogP contribution in [-0.4, -0.2) is 22.2 Å². The molecule has 0 aliphatic carbocycles. The lowest BCUT2D eigenvalue weighted by atomic mass is 9.95. The first-order valence-electron chi connectivity index (χ1n) is 14.7. The van der Waals surface area contributed by atoms with E-state index in [0.29, 0.717) is 38.6 Å². The number of benzene rings is 4. The molecule has 1 amide bonds. The number of nitrogens with zero attached hydrogens (tertiary/aromatic N) is 3. The van der Waals surface area contributed by atoms with Crippen LogP contribution in [0.2, 0.25) is 0 Å². The number of fused-ring (bicyclic) bond motifs is 2. The van der Waals surface area contributed by atoms with Gasteiger partial charge in [-0.15, -0.1) is 0 Å². The van der Waals surface area contributed by atoms with E-state index in [1.54, 1.807) is 30.7 Å². The van der Waals surface area contributed by atoms with Crippen molar-refractivity contribution >= 4 is 39.9 Å². The minimum atomic E-state index is -0.725. The van der Waals surface area contributed by atoms with Gasteiger partial charge in [-0.2, -0.15) is 0 Å². The van der Waals surface area contributed by atoms with Crippen molar-refractivity contribution in [3.63, 3.8) is 0 Å². The molecule has 0 bridgehead atoms. The zero-order chi connectivity index (χ0) is 31.8. The average molecular weight is 629 g/mol. The summed E-state index contributed by atoms with van der Waals surface area (Å²) >= 11 is 1.29. The maximum atomic E-state index is 14.3. The molecule has 46 heavy (non-hydrogen) atoms. The second kappa shape index (κ2) is 12.1. The van der Waals surface area contributed by atoms with Crippen LogP contribution in [0.1, 0.15) is 29.7 Å². The minimum Gasteiger partial charge on any atom is -0.497 e. The number of methoxy groups -OCH3 is 1. The lowest BCUT2D eigenvalue weighted by Gasteiger charge is -2.25. The Bertz CT molecular complexity index is 2320. The molecule has 0 saturated heterocycles. The molecule has 0 fully saturated rings. The quantitative estimate of drug-likeness (QED) is 0.235. The summed E-state index contributed by atoms with van der Waals surface area (Å²) in [5, 5.41) is 3.97. The van der Waals surface area contributed by atoms with E-state index in [-0.39, 0.29) is 17.3 Å². The summed E-state index contributed by atoms with van der Waals surface area (Å²) in [7, 11) is 1.58. The molecule has 2 aromatic heterocycles. The Morgan fingerprint density at radius 1 is 1.00 bits per heavy atom. The Labute approximate surface area is 267 Å². The van der Waals surface area contributed by atoms with Crippen LogP contribution in [0.15, 0.2) is 130 Å². The highest BCUT2D eigenvalue weighted by Crippen LogP contribution is 2.32. The van der Waals surface area contributed by atoms with E-state index in [9.17, 15) is 14.0 Å². The van der Waals surface area contributed by atoms with Crippen LogP contribution in [0, 0.1) is 5.82 Å². The molecule has 0 spiro atoms. The summed E-state index contributed by atoms with van der Waals surface area (Å²) < 4.78 is 23.2. The number of para-hydroxylation sites is 2. The number of nitrogens with one attached hydrogen (secondary N) is 1. The topological polar surface area (TPSA) is 77.6 Å². The summed E-state index contributed by atoms with van der Waals surface area (Å²) in [4.78, 5) is 33.4. The molecule has 9 heteroatoms. The van der Waals surface area contributed by atoms with Crippen LogP contribution in [0.4, 0.5) is 10.1 Å². The third kappa shape index (κ3) is 5.46. The molecule has 4 aromatic carbocycles. The van der Waals surface area contributed by atoms with Gasteiger partial charge in [-0.25, -0.2) is 9.38 Å². The monoisotopic (exact) mass is 628 g/mol. The van der Waals surface area contributed by atoms with Crippen LogP contribution in [-0.2, 0) is 11.3 Å². The van der Waals surface area contributed by atoms with Gasteiger partial charge in [0.2, 0.25) is 0 Å². The SMILES string of the molecule is COc1cccc([C@@H]2C(C(=O)Nc3ccccc3)=C(C)N=c3s/c(=C\c4cn(Cc5ccc(F)cc5)c5ccccc45)c(=O)n32)c1. The first-order chi connectivity index (χ1) is 22.4. The Kier molecular flexibility index (Phi) is 7.68. The number of aromatic nitrogens is 2. The van der Waals surface area contributed by atoms with Crippen LogP contribution < -0.4 is 24.9 Å². The third-order valence-electron chi connectivity index (χ3n) is 8.08. The fourth-order valence-electron chi connectivity index (χ4n) is 5.91. The summed E-state index contributed by atoms with van der Waals surface area (Å²) in [5.41, 5.74) is 4.88. The summed E-state index contributed by atoms with van der Waals surface area (Å²) in [6.07, 6.45) is 3.90. The molecule has 1 aliphatic heterocycles. The van der Waals surface area contributed by atoms with Gasteiger partial charge >= 0.3 is 0 Å². The molecule has 0 saturated carbocycles. The summed E-state index contributed by atoms with van der Waals surface area (Å²) in [6, 6.07) is 30.3. The number of allylic oxidation sites excluding steroid dienone is 1. The number of amides is 1. The van der Waals surface area contributed by atoms with Crippen molar-refractivity contribution in [2.75, 3.05) is 12.4 Å². The molecule has 6 aromatic rings. The number of rotatable bonds is 7. The standard InChI is InChI=1S/C37H29FN4O3S/c1-23-33(35(43)40-28-10-4-3-5-11-28)34(25-9-8-12-29(19-25)45-2)42-36(44)32(46-37(42)39-23)20-26-22-41(31-14-7-6-13-30(26)31)21-24-15-17-27(38)18-16-24/h3-20,22,34H,21H2,1-2H3,(H,40,43)/b32-20-/t34-/m1/s1. The number of thiazole rings is 1. The zero-order valence-electron chi connectivity index (χ0n) is 25.1. The van der Waals surface area contributed by atoms with E-state index >= 15 is 0 Å². The number of carbonyl (C=O) groups is 1. The Morgan fingerprint density at radius 3 is 2.54 bits per heavy atom. The van der Waals surface area contributed by atoms with Crippen LogP contribution >= 0.6 is 11.3 Å². The number of hydrogen-bond donors (Lipinski definition) is 1. The molecule has 7 rings (SSSR count). The maximum absolute atomic E-state index is 14.3. The van der Waals surface area contributed by atoms with Crippen molar-refractivity contribution in [3.8, 4) is 5.75 Å². The van der Waals surface area contributed by atoms with E-state index in [0.717, 1.165) is 27.6 Å². The van der Waals surface area contributed by atoms with Crippen LogP contribution in [0.25, 0.3) is 17.0 Å². The number of ether oxygens (including phenoxy) is 1. The summed E-state index contributed by atoms with van der Waals surface area (Å²) in [5.74, 6) is 0.00449. The molecule has 7 nitrogen and oxygen atoms in total. The zero-order valence-corrected chi connectivity index (χ0v) is 25.9. The molecule has 0 radical (unpaired) electrons. The molecule has 228 valence electrons. The van der Waals surface area contributed by atoms with Crippen molar-refractivity contribution in [1.82, 2.24) is 9.13 Å². The predicted octanol–water partition coefficient (Wildman–Crippen LogP) is 6.02. The second-order valence-corrected chi connectivity index (χ2v) is 12.0.